The van der Waals surface area contributed by atoms with Crippen LogP contribution in [0.5, 0.6) is 0 Å². The van der Waals surface area contributed by atoms with E-state index in [0.717, 1.165) is 6.54 Å². The summed E-state index contributed by atoms with van der Waals surface area (Å²) in [6.45, 7) is 5.32. The third-order valence-corrected chi connectivity index (χ3v) is 2.37. The molecule has 0 bridgehead atoms. The molecule has 0 amide bonds. The van der Waals surface area contributed by atoms with Gasteiger partial charge >= 0.3 is 0 Å². The van der Waals surface area contributed by atoms with Gasteiger partial charge in [-0.1, -0.05) is 11.6 Å². The molecule has 2 rings (SSSR count). The number of hydrogen-bond acceptors (Lipinski definition) is 0. The SMILES string of the molecule is CC[n+]1cccc2cc(C)ccc21. The molecular weight excluding hydrogens is 158 g/mol. The number of nitrogens with zero attached hydrogens (tertiary/aromatic N) is 1. The van der Waals surface area contributed by atoms with E-state index in [2.05, 4.69) is 54.9 Å². The van der Waals surface area contributed by atoms with Crippen LogP contribution >= 0.6 is 0 Å². The molecule has 2 aromatic rings. The van der Waals surface area contributed by atoms with Crippen LogP contribution in [0.2, 0.25) is 0 Å². The van der Waals surface area contributed by atoms with E-state index in [1.807, 2.05) is 0 Å². The van der Waals surface area contributed by atoms with E-state index < -0.39 is 0 Å². The van der Waals surface area contributed by atoms with Crippen molar-refractivity contribution in [2.45, 2.75) is 20.4 Å². The Morgan fingerprint density at radius 3 is 2.85 bits per heavy atom. The molecule has 0 aliphatic carbocycles. The molecule has 0 radical (unpaired) electrons. The van der Waals surface area contributed by atoms with E-state index in [1.54, 1.807) is 0 Å². The largest absolute Gasteiger partial charge is 0.212 e. The minimum Gasteiger partial charge on any atom is -0.199 e. The Balaban J connectivity index is 2.77. The molecule has 0 saturated heterocycles. The smallest absolute Gasteiger partial charge is 0.199 e. The van der Waals surface area contributed by atoms with Gasteiger partial charge < -0.3 is 0 Å². The van der Waals surface area contributed by atoms with Crippen LogP contribution in [0, 0.1) is 6.92 Å². The van der Waals surface area contributed by atoms with Crippen molar-refractivity contribution < 1.29 is 4.57 Å². The lowest BCUT2D eigenvalue weighted by Gasteiger charge is -1.98. The molecule has 0 fully saturated rings. The van der Waals surface area contributed by atoms with Crippen molar-refractivity contribution in [1.82, 2.24) is 0 Å². The number of benzene rings is 1. The van der Waals surface area contributed by atoms with Crippen molar-refractivity contribution in [1.29, 1.82) is 0 Å². The van der Waals surface area contributed by atoms with Crippen LogP contribution in [0.3, 0.4) is 0 Å². The molecule has 0 aliphatic rings. The van der Waals surface area contributed by atoms with Gasteiger partial charge in [0.25, 0.3) is 0 Å². The molecule has 1 aromatic heterocycles. The van der Waals surface area contributed by atoms with Gasteiger partial charge in [0.05, 0.1) is 0 Å². The monoisotopic (exact) mass is 172 g/mol. The number of aryl methyl sites for hydroxylation is 2. The first-order chi connectivity index (χ1) is 6.31. The van der Waals surface area contributed by atoms with E-state index >= 15 is 0 Å². The molecule has 0 spiro atoms. The highest BCUT2D eigenvalue weighted by Gasteiger charge is 2.04. The van der Waals surface area contributed by atoms with E-state index in [0.29, 0.717) is 0 Å². The number of rotatable bonds is 1. The lowest BCUT2D eigenvalue weighted by atomic mass is 10.1. The van der Waals surface area contributed by atoms with Crippen molar-refractivity contribution in [2.75, 3.05) is 0 Å². The zero-order valence-corrected chi connectivity index (χ0v) is 8.12. The molecule has 1 aromatic carbocycles. The molecule has 13 heavy (non-hydrogen) atoms. The summed E-state index contributed by atoms with van der Waals surface area (Å²) in [6.07, 6.45) is 2.12. The molecule has 0 atom stereocenters. The number of aromatic nitrogens is 1. The van der Waals surface area contributed by atoms with Crippen LogP contribution in [0.4, 0.5) is 0 Å². The molecule has 0 unspecified atom stereocenters. The average molecular weight is 172 g/mol. The van der Waals surface area contributed by atoms with Crippen LogP contribution in [0.15, 0.2) is 36.5 Å². The van der Waals surface area contributed by atoms with Gasteiger partial charge in [-0.2, -0.15) is 4.57 Å². The lowest BCUT2D eigenvalue weighted by Crippen LogP contribution is -2.32. The highest BCUT2D eigenvalue weighted by atomic mass is 14.9. The van der Waals surface area contributed by atoms with Gasteiger partial charge in [-0.05, 0) is 26.0 Å². The van der Waals surface area contributed by atoms with Crippen molar-refractivity contribution >= 4 is 10.9 Å². The summed E-state index contributed by atoms with van der Waals surface area (Å²) in [4.78, 5) is 0. The summed E-state index contributed by atoms with van der Waals surface area (Å²) in [7, 11) is 0. The van der Waals surface area contributed by atoms with Crippen molar-refractivity contribution in [3.63, 3.8) is 0 Å². The molecule has 66 valence electrons. The zero-order valence-electron chi connectivity index (χ0n) is 8.12. The second-order valence-electron chi connectivity index (χ2n) is 3.36. The maximum atomic E-state index is 2.26. The van der Waals surface area contributed by atoms with Crippen LogP contribution in [0.1, 0.15) is 12.5 Å². The number of fused-ring (bicyclic) bond motifs is 1. The summed E-state index contributed by atoms with van der Waals surface area (Å²) in [5.74, 6) is 0. The fraction of sp³-hybridized carbons (Fsp3) is 0.250. The number of pyridine rings is 1. The molecule has 0 aliphatic heterocycles. The van der Waals surface area contributed by atoms with Gasteiger partial charge in [-0.15, -0.1) is 0 Å². The standard InChI is InChI=1S/C12H14N/c1-3-13-8-4-5-11-9-10(2)6-7-12(11)13/h4-9H,3H2,1-2H3/q+1. The maximum absolute atomic E-state index is 2.26. The first-order valence-corrected chi connectivity index (χ1v) is 4.70. The number of hydrogen-bond donors (Lipinski definition) is 0. The summed E-state index contributed by atoms with van der Waals surface area (Å²) >= 11 is 0. The third kappa shape index (κ3) is 1.42. The normalized spacial score (nSPS) is 10.6. The fourth-order valence-electron chi connectivity index (χ4n) is 1.68. The third-order valence-electron chi connectivity index (χ3n) is 2.37. The Morgan fingerprint density at radius 1 is 1.23 bits per heavy atom. The Morgan fingerprint density at radius 2 is 2.08 bits per heavy atom. The summed E-state index contributed by atoms with van der Waals surface area (Å²) in [5.41, 5.74) is 2.64. The minimum absolute atomic E-state index is 1.03. The van der Waals surface area contributed by atoms with Gasteiger partial charge in [-0.3, -0.25) is 0 Å². The first-order valence-electron chi connectivity index (χ1n) is 4.70. The van der Waals surface area contributed by atoms with E-state index in [1.165, 1.54) is 16.5 Å². The predicted octanol–water partition coefficient (Wildman–Crippen LogP) is 2.46. The Bertz CT molecular complexity index is 432. The highest BCUT2D eigenvalue weighted by molar-refractivity contribution is 5.76. The van der Waals surface area contributed by atoms with E-state index in [-0.39, 0.29) is 0 Å². The second kappa shape index (κ2) is 3.17. The van der Waals surface area contributed by atoms with Crippen LogP contribution in [0.25, 0.3) is 10.9 Å². The second-order valence-corrected chi connectivity index (χ2v) is 3.36. The van der Waals surface area contributed by atoms with Gasteiger partial charge in [0, 0.05) is 17.5 Å². The zero-order chi connectivity index (χ0) is 9.26. The van der Waals surface area contributed by atoms with Crippen LogP contribution < -0.4 is 4.57 Å². The van der Waals surface area contributed by atoms with Crippen molar-refractivity contribution in [3.8, 4) is 0 Å². The molecule has 1 nitrogen and oxygen atoms in total. The molecule has 0 saturated carbocycles. The van der Waals surface area contributed by atoms with E-state index in [9.17, 15) is 0 Å². The summed E-state index contributed by atoms with van der Waals surface area (Å²) < 4.78 is 2.26. The first kappa shape index (κ1) is 8.24. The Hall–Kier alpha value is -1.37. The molecule has 1 heteroatoms. The molecule has 0 N–H and O–H groups in total. The Labute approximate surface area is 78.6 Å². The van der Waals surface area contributed by atoms with Crippen LogP contribution in [-0.4, -0.2) is 0 Å². The van der Waals surface area contributed by atoms with Crippen molar-refractivity contribution in [2.24, 2.45) is 0 Å². The van der Waals surface area contributed by atoms with Gasteiger partial charge in [-0.25, -0.2) is 0 Å². The van der Waals surface area contributed by atoms with Gasteiger partial charge in [0.1, 0.15) is 6.54 Å². The van der Waals surface area contributed by atoms with Gasteiger partial charge in [0.2, 0.25) is 5.52 Å². The summed E-state index contributed by atoms with van der Waals surface area (Å²) in [5, 5.41) is 1.32. The fourth-order valence-corrected chi connectivity index (χ4v) is 1.68. The van der Waals surface area contributed by atoms with Crippen molar-refractivity contribution in [3.05, 3.63) is 42.1 Å². The highest BCUT2D eigenvalue weighted by Crippen LogP contribution is 2.11. The quantitative estimate of drug-likeness (QED) is 0.582. The maximum Gasteiger partial charge on any atom is 0.212 e. The predicted molar refractivity (Wildman–Crippen MR) is 54.6 cm³/mol. The summed E-state index contributed by atoms with van der Waals surface area (Å²) in [6, 6.07) is 10.8. The average Bonchev–Trinajstić information content (AvgIpc) is 2.16. The molecular formula is C12H14N+. The topological polar surface area (TPSA) is 3.88 Å². The molecule has 1 heterocycles. The van der Waals surface area contributed by atoms with E-state index in [4.69, 9.17) is 0 Å². The Kier molecular flexibility index (Phi) is 2.01. The van der Waals surface area contributed by atoms with Gasteiger partial charge in [0.15, 0.2) is 6.20 Å². The van der Waals surface area contributed by atoms with Crippen LogP contribution in [-0.2, 0) is 6.54 Å². The lowest BCUT2D eigenvalue weighted by molar-refractivity contribution is -0.667. The minimum atomic E-state index is 1.03.